The van der Waals surface area contributed by atoms with Crippen LogP contribution in [0, 0.1) is 5.92 Å². The first-order valence-corrected chi connectivity index (χ1v) is 7.76. The smallest absolute Gasteiger partial charge is 0.246 e. The van der Waals surface area contributed by atoms with E-state index < -0.39 is 0 Å². The lowest BCUT2D eigenvalue weighted by atomic mass is 9.88. The summed E-state index contributed by atoms with van der Waals surface area (Å²) in [5.41, 5.74) is 1.79. The van der Waals surface area contributed by atoms with Crippen molar-refractivity contribution < 1.29 is 14.6 Å². The molecule has 0 aliphatic heterocycles. The molecule has 4 heteroatoms. The molecule has 2 N–H and O–H groups in total. The van der Waals surface area contributed by atoms with Crippen molar-refractivity contribution in [1.29, 1.82) is 0 Å². The predicted molar refractivity (Wildman–Crippen MR) is 81.6 cm³/mol. The molecule has 1 amide bonds. The van der Waals surface area contributed by atoms with Crippen LogP contribution in [0.2, 0.25) is 0 Å². The summed E-state index contributed by atoms with van der Waals surface area (Å²) in [7, 11) is 0. The fraction of sp³-hybridized carbons (Fsp3) is 0.588. The maximum atomic E-state index is 11.9. The SMILES string of the molecule is CC1CCCCC1OCC(=O)NCc1ccccc1CO. The second kappa shape index (κ2) is 8.15. The highest BCUT2D eigenvalue weighted by molar-refractivity contribution is 5.77. The first kappa shape index (κ1) is 16.0. The van der Waals surface area contributed by atoms with Crippen LogP contribution in [0.4, 0.5) is 0 Å². The third-order valence-electron chi connectivity index (χ3n) is 4.23. The number of benzene rings is 1. The Hall–Kier alpha value is -1.39. The van der Waals surface area contributed by atoms with Crippen LogP contribution in [0.1, 0.15) is 43.7 Å². The van der Waals surface area contributed by atoms with E-state index in [4.69, 9.17) is 4.74 Å². The van der Waals surface area contributed by atoms with Crippen molar-refractivity contribution in [2.24, 2.45) is 5.92 Å². The number of ether oxygens (including phenoxy) is 1. The lowest BCUT2D eigenvalue weighted by Crippen LogP contribution is -2.33. The number of carbonyl (C=O) groups excluding carboxylic acids is 1. The van der Waals surface area contributed by atoms with Gasteiger partial charge < -0.3 is 15.2 Å². The summed E-state index contributed by atoms with van der Waals surface area (Å²) in [5.74, 6) is 0.446. The van der Waals surface area contributed by atoms with Crippen LogP contribution in [-0.2, 0) is 22.7 Å². The maximum absolute atomic E-state index is 11.9. The molecule has 21 heavy (non-hydrogen) atoms. The van der Waals surface area contributed by atoms with Gasteiger partial charge in [0, 0.05) is 6.54 Å². The van der Waals surface area contributed by atoms with E-state index in [9.17, 15) is 9.90 Å². The molecule has 0 radical (unpaired) electrons. The molecule has 0 saturated heterocycles. The summed E-state index contributed by atoms with van der Waals surface area (Å²) in [4.78, 5) is 11.9. The topological polar surface area (TPSA) is 58.6 Å². The number of aliphatic hydroxyl groups excluding tert-OH is 1. The van der Waals surface area contributed by atoms with Gasteiger partial charge in [-0.05, 0) is 29.9 Å². The van der Waals surface area contributed by atoms with Gasteiger partial charge in [0.2, 0.25) is 5.91 Å². The van der Waals surface area contributed by atoms with E-state index in [1.54, 1.807) is 0 Å². The van der Waals surface area contributed by atoms with Gasteiger partial charge >= 0.3 is 0 Å². The van der Waals surface area contributed by atoms with Crippen molar-refractivity contribution in [3.05, 3.63) is 35.4 Å². The van der Waals surface area contributed by atoms with Crippen molar-refractivity contribution in [3.8, 4) is 0 Å². The minimum absolute atomic E-state index is 0.0118. The minimum atomic E-state index is -0.0967. The molecule has 0 bridgehead atoms. The van der Waals surface area contributed by atoms with E-state index in [-0.39, 0.29) is 25.2 Å². The van der Waals surface area contributed by atoms with Gasteiger partial charge in [-0.25, -0.2) is 0 Å². The van der Waals surface area contributed by atoms with Crippen molar-refractivity contribution in [1.82, 2.24) is 5.32 Å². The number of rotatable bonds is 6. The molecule has 0 spiro atoms. The highest BCUT2D eigenvalue weighted by Crippen LogP contribution is 2.26. The van der Waals surface area contributed by atoms with Crippen LogP contribution < -0.4 is 5.32 Å². The largest absolute Gasteiger partial charge is 0.392 e. The molecule has 0 aromatic heterocycles. The van der Waals surface area contributed by atoms with Gasteiger partial charge in [-0.1, -0.05) is 44.0 Å². The van der Waals surface area contributed by atoms with Gasteiger partial charge in [0.15, 0.2) is 0 Å². The zero-order valence-electron chi connectivity index (χ0n) is 12.7. The van der Waals surface area contributed by atoms with Gasteiger partial charge in [0.05, 0.1) is 12.7 Å². The van der Waals surface area contributed by atoms with Crippen LogP contribution in [0.3, 0.4) is 0 Å². The van der Waals surface area contributed by atoms with Gasteiger partial charge in [-0.15, -0.1) is 0 Å². The summed E-state index contributed by atoms with van der Waals surface area (Å²) in [6, 6.07) is 7.56. The number of hydrogen-bond acceptors (Lipinski definition) is 3. The third kappa shape index (κ3) is 4.83. The molecular formula is C17H25NO3. The minimum Gasteiger partial charge on any atom is -0.392 e. The highest BCUT2D eigenvalue weighted by atomic mass is 16.5. The molecule has 2 unspecified atom stereocenters. The molecule has 1 aliphatic rings. The number of amides is 1. The zero-order valence-corrected chi connectivity index (χ0v) is 12.7. The number of hydrogen-bond donors (Lipinski definition) is 2. The average molecular weight is 291 g/mol. The third-order valence-corrected chi connectivity index (χ3v) is 4.23. The van der Waals surface area contributed by atoms with Gasteiger partial charge in [-0.3, -0.25) is 4.79 Å². The summed E-state index contributed by atoms with van der Waals surface area (Å²) in [6.45, 7) is 2.73. The molecule has 1 aliphatic carbocycles. The lowest BCUT2D eigenvalue weighted by Gasteiger charge is -2.28. The summed E-state index contributed by atoms with van der Waals surface area (Å²) in [5, 5.41) is 12.1. The number of carbonyl (C=O) groups is 1. The Bertz CT molecular complexity index is 461. The fourth-order valence-corrected chi connectivity index (χ4v) is 2.84. The average Bonchev–Trinajstić information content (AvgIpc) is 2.52. The first-order valence-electron chi connectivity index (χ1n) is 7.76. The molecule has 116 valence electrons. The Kier molecular flexibility index (Phi) is 6.21. The van der Waals surface area contributed by atoms with Gasteiger partial charge in [-0.2, -0.15) is 0 Å². The number of nitrogens with one attached hydrogen (secondary N) is 1. The molecule has 2 rings (SSSR count). The van der Waals surface area contributed by atoms with Gasteiger partial charge in [0.25, 0.3) is 0 Å². The Morgan fingerprint density at radius 3 is 2.71 bits per heavy atom. The van der Waals surface area contributed by atoms with E-state index in [2.05, 4.69) is 12.2 Å². The molecule has 0 heterocycles. The molecule has 4 nitrogen and oxygen atoms in total. The zero-order chi connectivity index (χ0) is 15.1. The fourth-order valence-electron chi connectivity index (χ4n) is 2.84. The maximum Gasteiger partial charge on any atom is 0.246 e. The normalized spacial score (nSPS) is 22.0. The standard InChI is InChI=1S/C17H25NO3/c1-13-6-2-5-9-16(13)21-12-17(20)18-10-14-7-3-4-8-15(14)11-19/h3-4,7-8,13,16,19H,2,5-6,9-12H2,1H3,(H,18,20). The van der Waals surface area contributed by atoms with Crippen LogP contribution >= 0.6 is 0 Å². The van der Waals surface area contributed by atoms with E-state index in [1.807, 2.05) is 24.3 Å². The quantitative estimate of drug-likeness (QED) is 0.846. The second-order valence-corrected chi connectivity index (χ2v) is 5.81. The molecule has 1 aromatic carbocycles. The van der Waals surface area contributed by atoms with Crippen molar-refractivity contribution in [3.63, 3.8) is 0 Å². The molecule has 1 fully saturated rings. The summed E-state index contributed by atoms with van der Waals surface area (Å²) >= 11 is 0. The molecule has 2 atom stereocenters. The monoisotopic (exact) mass is 291 g/mol. The highest BCUT2D eigenvalue weighted by Gasteiger charge is 2.22. The predicted octanol–water partition coefficient (Wildman–Crippen LogP) is 2.39. The Morgan fingerprint density at radius 2 is 2.00 bits per heavy atom. The summed E-state index contributed by atoms with van der Waals surface area (Å²) in [6.07, 6.45) is 4.93. The Balaban J connectivity index is 1.74. The Labute approximate surface area is 126 Å². The van der Waals surface area contributed by atoms with Crippen molar-refractivity contribution in [2.45, 2.75) is 51.9 Å². The lowest BCUT2D eigenvalue weighted by molar-refractivity contribution is -0.129. The van der Waals surface area contributed by atoms with E-state index in [1.165, 1.54) is 19.3 Å². The van der Waals surface area contributed by atoms with Crippen LogP contribution in [0.15, 0.2) is 24.3 Å². The van der Waals surface area contributed by atoms with E-state index >= 15 is 0 Å². The second-order valence-electron chi connectivity index (χ2n) is 5.81. The molecule has 1 aromatic rings. The van der Waals surface area contributed by atoms with Crippen molar-refractivity contribution >= 4 is 5.91 Å². The Morgan fingerprint density at radius 1 is 1.29 bits per heavy atom. The number of aliphatic hydroxyl groups is 1. The van der Waals surface area contributed by atoms with Gasteiger partial charge in [0.1, 0.15) is 6.61 Å². The molecule has 1 saturated carbocycles. The van der Waals surface area contributed by atoms with Crippen molar-refractivity contribution in [2.75, 3.05) is 6.61 Å². The van der Waals surface area contributed by atoms with Crippen LogP contribution in [-0.4, -0.2) is 23.7 Å². The summed E-state index contributed by atoms with van der Waals surface area (Å²) < 4.78 is 5.74. The molecular weight excluding hydrogens is 266 g/mol. The van der Waals surface area contributed by atoms with E-state index in [0.717, 1.165) is 17.5 Å². The van der Waals surface area contributed by atoms with Crippen LogP contribution in [0.25, 0.3) is 0 Å². The van der Waals surface area contributed by atoms with E-state index in [0.29, 0.717) is 12.5 Å². The van der Waals surface area contributed by atoms with Crippen LogP contribution in [0.5, 0.6) is 0 Å². The first-order chi connectivity index (χ1) is 10.2.